The van der Waals surface area contributed by atoms with E-state index in [-0.39, 0.29) is 18.7 Å². The number of hydrogen-bond donors (Lipinski definition) is 2. The van der Waals surface area contributed by atoms with Crippen molar-refractivity contribution in [2.75, 3.05) is 6.61 Å². The molecule has 2 rings (SSSR count). The maximum absolute atomic E-state index is 11.5. The smallest absolute Gasteiger partial charge is 0.279 e. The lowest BCUT2D eigenvalue weighted by Crippen LogP contribution is -2.22. The minimum absolute atomic E-state index is 0.0821. The lowest BCUT2D eigenvalue weighted by molar-refractivity contribution is 0.274. The summed E-state index contributed by atoms with van der Waals surface area (Å²) in [4.78, 5) is 22.0. The zero-order valence-corrected chi connectivity index (χ0v) is 6.77. The summed E-state index contributed by atoms with van der Waals surface area (Å²) in [6.07, 6.45) is 2.80. The highest BCUT2D eigenvalue weighted by atomic mass is 16.3. The van der Waals surface area contributed by atoms with Crippen molar-refractivity contribution in [3.63, 3.8) is 0 Å². The molecule has 0 aliphatic carbocycles. The summed E-state index contributed by atoms with van der Waals surface area (Å²) in [5, 5.41) is 8.65. The van der Waals surface area contributed by atoms with Crippen LogP contribution in [0.1, 0.15) is 0 Å². The Kier molecular flexibility index (Phi) is 1.82. The van der Waals surface area contributed by atoms with Gasteiger partial charge >= 0.3 is 0 Å². The number of nitrogens with one attached hydrogen (secondary N) is 1. The van der Waals surface area contributed by atoms with Crippen LogP contribution in [0.5, 0.6) is 0 Å². The fraction of sp³-hybridized carbons (Fsp3) is 0.286. The van der Waals surface area contributed by atoms with E-state index in [9.17, 15) is 4.79 Å². The summed E-state index contributed by atoms with van der Waals surface area (Å²) in [5.41, 5.74) is 0.562. The Hall–Kier alpha value is -1.69. The van der Waals surface area contributed by atoms with E-state index in [1.807, 2.05) is 0 Å². The largest absolute Gasteiger partial charge is 0.395 e. The first-order valence-corrected chi connectivity index (χ1v) is 3.82. The van der Waals surface area contributed by atoms with Gasteiger partial charge in [0.05, 0.1) is 19.5 Å². The molecule has 0 saturated heterocycles. The minimum atomic E-state index is -0.212. The number of H-pyrrole nitrogens is 1. The van der Waals surface area contributed by atoms with Gasteiger partial charge in [-0.1, -0.05) is 0 Å². The molecule has 0 spiro atoms. The topological polar surface area (TPSA) is 83.8 Å². The predicted molar refractivity (Wildman–Crippen MR) is 45.2 cm³/mol. The van der Waals surface area contributed by atoms with Gasteiger partial charge in [0, 0.05) is 0 Å². The molecule has 13 heavy (non-hydrogen) atoms. The van der Waals surface area contributed by atoms with Crippen LogP contribution in [0.2, 0.25) is 0 Å². The number of fused-ring (bicyclic) bond motifs is 1. The van der Waals surface area contributed by atoms with Crippen molar-refractivity contribution >= 4 is 11.2 Å². The van der Waals surface area contributed by atoms with E-state index in [1.54, 1.807) is 0 Å². The highest BCUT2D eigenvalue weighted by Gasteiger charge is 2.04. The first-order chi connectivity index (χ1) is 6.33. The van der Waals surface area contributed by atoms with Crippen molar-refractivity contribution in [1.82, 2.24) is 19.5 Å². The monoisotopic (exact) mass is 180 g/mol. The number of aromatic nitrogens is 4. The van der Waals surface area contributed by atoms with Crippen molar-refractivity contribution in [3.05, 3.63) is 23.0 Å². The van der Waals surface area contributed by atoms with Crippen LogP contribution < -0.4 is 5.56 Å². The zero-order chi connectivity index (χ0) is 9.26. The predicted octanol–water partition coefficient (Wildman–Crippen LogP) is -0.888. The molecule has 0 unspecified atom stereocenters. The van der Waals surface area contributed by atoms with Gasteiger partial charge in [0.1, 0.15) is 6.33 Å². The number of aliphatic hydroxyl groups excluding tert-OH is 1. The highest BCUT2D eigenvalue weighted by Crippen LogP contribution is 1.96. The van der Waals surface area contributed by atoms with Crippen LogP contribution >= 0.6 is 0 Å². The van der Waals surface area contributed by atoms with Crippen molar-refractivity contribution in [1.29, 1.82) is 0 Å². The maximum atomic E-state index is 11.5. The van der Waals surface area contributed by atoms with Crippen molar-refractivity contribution in [2.24, 2.45) is 0 Å². The number of imidazole rings is 1. The van der Waals surface area contributed by atoms with Gasteiger partial charge in [0.25, 0.3) is 5.56 Å². The van der Waals surface area contributed by atoms with E-state index in [0.29, 0.717) is 11.2 Å². The van der Waals surface area contributed by atoms with Crippen LogP contribution in [-0.2, 0) is 6.54 Å². The quantitative estimate of drug-likeness (QED) is 0.628. The van der Waals surface area contributed by atoms with Gasteiger partial charge in [0.2, 0.25) is 0 Å². The summed E-state index contributed by atoms with van der Waals surface area (Å²) < 4.78 is 1.33. The van der Waals surface area contributed by atoms with Crippen molar-refractivity contribution in [2.45, 2.75) is 6.54 Å². The second-order valence-corrected chi connectivity index (χ2v) is 2.57. The lowest BCUT2D eigenvalue weighted by atomic mass is 10.5. The standard InChI is InChI=1S/C7H8N4O2/c12-2-1-11-4-10-6-5(7(11)13)8-3-9-6/h3-4,12H,1-2H2,(H,8,9). The summed E-state index contributed by atoms with van der Waals surface area (Å²) in [6, 6.07) is 0. The molecule has 0 bridgehead atoms. The number of aromatic amines is 1. The Morgan fingerprint density at radius 3 is 3.15 bits per heavy atom. The van der Waals surface area contributed by atoms with E-state index in [2.05, 4.69) is 15.0 Å². The molecule has 0 aliphatic rings. The SMILES string of the molecule is O=c1c2[nH]cnc2ncn1CCO. The second kappa shape index (κ2) is 2.98. The van der Waals surface area contributed by atoms with Crippen LogP contribution in [-0.4, -0.2) is 31.2 Å². The molecular weight excluding hydrogens is 172 g/mol. The van der Waals surface area contributed by atoms with Crippen molar-refractivity contribution < 1.29 is 5.11 Å². The molecule has 2 N–H and O–H groups in total. The Balaban J connectivity index is 2.67. The Labute approximate surface area is 72.9 Å². The van der Waals surface area contributed by atoms with Gasteiger partial charge in [-0.05, 0) is 0 Å². The summed E-state index contributed by atoms with van der Waals surface area (Å²) in [5.74, 6) is 0. The Morgan fingerprint density at radius 1 is 1.54 bits per heavy atom. The molecule has 2 aromatic heterocycles. The number of nitrogens with zero attached hydrogens (tertiary/aromatic N) is 3. The number of rotatable bonds is 2. The fourth-order valence-corrected chi connectivity index (χ4v) is 1.13. The molecule has 0 aromatic carbocycles. The van der Waals surface area contributed by atoms with Crippen LogP contribution in [0, 0.1) is 0 Å². The lowest BCUT2D eigenvalue weighted by Gasteiger charge is -2.00. The third-order valence-electron chi connectivity index (χ3n) is 1.75. The van der Waals surface area contributed by atoms with Gasteiger partial charge in [0.15, 0.2) is 11.2 Å². The third-order valence-corrected chi connectivity index (χ3v) is 1.75. The molecule has 0 amide bonds. The summed E-state index contributed by atoms with van der Waals surface area (Å²) in [7, 11) is 0. The van der Waals surface area contributed by atoms with Gasteiger partial charge in [-0.15, -0.1) is 0 Å². The molecule has 68 valence electrons. The van der Waals surface area contributed by atoms with E-state index in [4.69, 9.17) is 5.11 Å². The molecule has 6 heteroatoms. The van der Waals surface area contributed by atoms with Gasteiger partial charge < -0.3 is 10.1 Å². The molecule has 0 atom stereocenters. The summed E-state index contributed by atoms with van der Waals surface area (Å²) >= 11 is 0. The van der Waals surface area contributed by atoms with Gasteiger partial charge in [-0.25, -0.2) is 9.97 Å². The van der Waals surface area contributed by atoms with Crippen molar-refractivity contribution in [3.8, 4) is 0 Å². The molecule has 2 heterocycles. The molecular formula is C7H8N4O2. The van der Waals surface area contributed by atoms with Crippen LogP contribution in [0.4, 0.5) is 0 Å². The molecule has 6 nitrogen and oxygen atoms in total. The first kappa shape index (κ1) is 7.93. The molecule has 2 aromatic rings. The van der Waals surface area contributed by atoms with E-state index in [0.717, 1.165) is 0 Å². The Bertz CT molecular complexity index is 473. The Morgan fingerprint density at radius 2 is 2.38 bits per heavy atom. The minimum Gasteiger partial charge on any atom is -0.395 e. The number of hydrogen-bond acceptors (Lipinski definition) is 4. The molecule has 0 aliphatic heterocycles. The third kappa shape index (κ3) is 1.20. The number of aliphatic hydroxyl groups is 1. The zero-order valence-electron chi connectivity index (χ0n) is 6.77. The average Bonchev–Trinajstić information content (AvgIpc) is 2.58. The average molecular weight is 180 g/mol. The van der Waals surface area contributed by atoms with Crippen LogP contribution in [0.25, 0.3) is 11.2 Å². The van der Waals surface area contributed by atoms with E-state index < -0.39 is 0 Å². The fourth-order valence-electron chi connectivity index (χ4n) is 1.13. The highest BCUT2D eigenvalue weighted by molar-refractivity contribution is 5.67. The normalized spacial score (nSPS) is 10.8. The van der Waals surface area contributed by atoms with Gasteiger partial charge in [-0.2, -0.15) is 0 Å². The van der Waals surface area contributed by atoms with E-state index >= 15 is 0 Å². The molecule has 0 fully saturated rings. The first-order valence-electron chi connectivity index (χ1n) is 3.82. The summed E-state index contributed by atoms with van der Waals surface area (Å²) in [6.45, 7) is 0.169. The van der Waals surface area contributed by atoms with Crippen LogP contribution in [0.3, 0.4) is 0 Å². The van der Waals surface area contributed by atoms with Gasteiger partial charge in [-0.3, -0.25) is 9.36 Å². The molecule has 0 saturated carbocycles. The van der Waals surface area contributed by atoms with E-state index in [1.165, 1.54) is 17.2 Å². The maximum Gasteiger partial charge on any atom is 0.279 e. The molecule has 0 radical (unpaired) electrons. The second-order valence-electron chi connectivity index (χ2n) is 2.57. The van der Waals surface area contributed by atoms with Crippen LogP contribution in [0.15, 0.2) is 17.4 Å².